The summed E-state index contributed by atoms with van der Waals surface area (Å²) in [6, 6.07) is 3.00. The molecule has 0 spiro atoms. The Hall–Kier alpha value is -1.75. The van der Waals surface area contributed by atoms with Gasteiger partial charge in [-0.25, -0.2) is 15.2 Å². The number of nitrogens with one attached hydrogen (secondary N) is 4. The molecule has 0 saturated heterocycles. The molecule has 2 unspecified atom stereocenters. The SMILES string of the molecule is CCCCCCCCNC(=O)Nc1cc([NH+]([O-])O)cc([NH+]([O-])O)c1. The van der Waals surface area contributed by atoms with E-state index in [0.29, 0.717) is 6.54 Å². The van der Waals surface area contributed by atoms with E-state index in [-0.39, 0.29) is 17.1 Å². The fourth-order valence-corrected chi connectivity index (χ4v) is 2.23. The van der Waals surface area contributed by atoms with Crippen molar-refractivity contribution in [3.8, 4) is 0 Å². The number of amides is 2. The average Bonchev–Trinajstić information content (AvgIpc) is 2.53. The van der Waals surface area contributed by atoms with Gasteiger partial charge in [0.05, 0.1) is 11.8 Å². The summed E-state index contributed by atoms with van der Waals surface area (Å²) in [5.41, 5.74) is -0.255. The number of hydrogen-bond donors (Lipinski definition) is 6. The molecule has 0 aliphatic rings. The van der Waals surface area contributed by atoms with Crippen LogP contribution in [0, 0.1) is 10.4 Å². The molecular formula is C15H26N4O5. The predicted octanol–water partition coefficient (Wildman–Crippen LogP) is 0.975. The van der Waals surface area contributed by atoms with Crippen molar-refractivity contribution in [3.63, 3.8) is 0 Å². The molecule has 9 nitrogen and oxygen atoms in total. The van der Waals surface area contributed by atoms with Crippen LogP contribution >= 0.6 is 0 Å². The molecule has 1 aromatic rings. The molecule has 0 heterocycles. The van der Waals surface area contributed by atoms with Crippen LogP contribution in [0.4, 0.5) is 21.9 Å². The first kappa shape index (κ1) is 20.3. The second kappa shape index (κ2) is 10.9. The van der Waals surface area contributed by atoms with Crippen molar-refractivity contribution in [2.75, 3.05) is 11.9 Å². The summed E-state index contributed by atoms with van der Waals surface area (Å²) in [4.78, 5) is 11.8. The summed E-state index contributed by atoms with van der Waals surface area (Å²) in [6.45, 7) is 2.67. The Bertz CT molecular complexity index is 484. The van der Waals surface area contributed by atoms with E-state index < -0.39 is 16.5 Å². The molecule has 9 heteroatoms. The minimum Gasteiger partial charge on any atom is -0.595 e. The lowest BCUT2D eigenvalue weighted by Gasteiger charge is -2.17. The molecule has 136 valence electrons. The van der Waals surface area contributed by atoms with Gasteiger partial charge in [-0.15, -0.1) is 0 Å². The molecule has 0 aliphatic heterocycles. The van der Waals surface area contributed by atoms with Crippen molar-refractivity contribution >= 4 is 23.1 Å². The highest BCUT2D eigenvalue weighted by molar-refractivity contribution is 5.90. The Morgan fingerprint density at radius 3 is 2.08 bits per heavy atom. The summed E-state index contributed by atoms with van der Waals surface area (Å²) in [5.74, 6) is 0. The second-order valence-electron chi connectivity index (χ2n) is 5.56. The van der Waals surface area contributed by atoms with Gasteiger partial charge in [0.1, 0.15) is 0 Å². The summed E-state index contributed by atoms with van der Waals surface area (Å²) in [5, 5.41) is 42.6. The third-order valence-electron chi connectivity index (χ3n) is 3.50. The predicted molar refractivity (Wildman–Crippen MR) is 88.4 cm³/mol. The van der Waals surface area contributed by atoms with Gasteiger partial charge in [-0.3, -0.25) is 0 Å². The van der Waals surface area contributed by atoms with E-state index in [2.05, 4.69) is 17.6 Å². The quantitative estimate of drug-likeness (QED) is 0.278. The third kappa shape index (κ3) is 7.68. The third-order valence-corrected chi connectivity index (χ3v) is 3.50. The Labute approximate surface area is 140 Å². The smallest absolute Gasteiger partial charge is 0.319 e. The molecule has 0 bridgehead atoms. The zero-order chi connectivity index (χ0) is 17.9. The Kier molecular flexibility index (Phi) is 9.23. The summed E-state index contributed by atoms with van der Waals surface area (Å²) < 4.78 is 0. The zero-order valence-corrected chi connectivity index (χ0v) is 13.8. The Morgan fingerprint density at radius 2 is 1.54 bits per heavy atom. The monoisotopic (exact) mass is 342 g/mol. The summed E-state index contributed by atoms with van der Waals surface area (Å²) in [6.07, 6.45) is 6.65. The highest BCUT2D eigenvalue weighted by atomic mass is 16.8. The van der Waals surface area contributed by atoms with Crippen molar-refractivity contribution in [2.45, 2.75) is 45.4 Å². The molecule has 1 aromatic carbocycles. The molecule has 0 aromatic heterocycles. The van der Waals surface area contributed by atoms with E-state index in [4.69, 9.17) is 10.4 Å². The summed E-state index contributed by atoms with van der Waals surface area (Å²) >= 11 is 0. The van der Waals surface area contributed by atoms with E-state index in [0.717, 1.165) is 25.3 Å². The number of hydrogen-bond acceptors (Lipinski definition) is 5. The molecule has 24 heavy (non-hydrogen) atoms. The standard InChI is InChI=1S/C15H26N4O5/c1-2-3-4-5-6-7-8-16-15(20)17-12-9-13(18(21)22)11-14(10-12)19(23)24/h9-11,18-19,21,23H,2-8H2,1H3,(H2,16,17,20). The number of anilines is 1. The van der Waals surface area contributed by atoms with Crippen molar-refractivity contribution in [1.82, 2.24) is 5.32 Å². The average molecular weight is 342 g/mol. The highest BCUT2D eigenvalue weighted by Gasteiger charge is 2.12. The van der Waals surface area contributed by atoms with Crippen LogP contribution in [-0.2, 0) is 0 Å². The van der Waals surface area contributed by atoms with Crippen LogP contribution in [0.5, 0.6) is 0 Å². The molecule has 6 N–H and O–H groups in total. The number of unbranched alkanes of at least 4 members (excludes halogenated alkanes) is 5. The molecular weight excluding hydrogens is 316 g/mol. The molecule has 2 amide bonds. The maximum absolute atomic E-state index is 11.8. The van der Waals surface area contributed by atoms with Gasteiger partial charge < -0.3 is 21.0 Å². The number of quaternary nitrogens is 2. The van der Waals surface area contributed by atoms with Gasteiger partial charge in [-0.1, -0.05) is 39.0 Å². The minimum atomic E-state index is -1.26. The Balaban J connectivity index is 2.45. The van der Waals surface area contributed by atoms with Gasteiger partial charge in [-0.05, 0) is 6.42 Å². The molecule has 0 aliphatic carbocycles. The van der Waals surface area contributed by atoms with Gasteiger partial charge in [-0.2, -0.15) is 10.5 Å². The van der Waals surface area contributed by atoms with Crippen LogP contribution in [0.2, 0.25) is 0 Å². The van der Waals surface area contributed by atoms with Crippen LogP contribution in [0.25, 0.3) is 0 Å². The van der Waals surface area contributed by atoms with Gasteiger partial charge in [0, 0.05) is 18.7 Å². The number of carbonyl (C=O) groups excluding carboxylic acids is 1. The lowest BCUT2D eigenvalue weighted by Crippen LogP contribution is -3.00. The first-order chi connectivity index (χ1) is 11.4. The second-order valence-corrected chi connectivity index (χ2v) is 5.56. The molecule has 0 radical (unpaired) electrons. The maximum atomic E-state index is 11.8. The van der Waals surface area contributed by atoms with E-state index in [1.807, 2.05) is 0 Å². The topological polar surface area (TPSA) is 137 Å². The fourth-order valence-electron chi connectivity index (χ4n) is 2.23. The maximum Gasteiger partial charge on any atom is 0.319 e. The lowest BCUT2D eigenvalue weighted by atomic mass is 10.1. The number of carbonyl (C=O) groups is 1. The van der Waals surface area contributed by atoms with Gasteiger partial charge in [0.2, 0.25) is 0 Å². The largest absolute Gasteiger partial charge is 0.595 e. The van der Waals surface area contributed by atoms with Crippen LogP contribution in [0.3, 0.4) is 0 Å². The molecule has 2 atom stereocenters. The van der Waals surface area contributed by atoms with Crippen molar-refractivity contribution in [3.05, 3.63) is 28.6 Å². The molecule has 1 rings (SSSR count). The van der Waals surface area contributed by atoms with E-state index >= 15 is 0 Å². The van der Waals surface area contributed by atoms with Gasteiger partial charge in [0.25, 0.3) is 0 Å². The van der Waals surface area contributed by atoms with E-state index in [1.165, 1.54) is 31.4 Å². The normalized spacial score (nSPS) is 13.4. The first-order valence-electron chi connectivity index (χ1n) is 8.10. The van der Waals surface area contributed by atoms with E-state index in [1.54, 1.807) is 0 Å². The highest BCUT2D eigenvalue weighted by Crippen LogP contribution is 2.17. The van der Waals surface area contributed by atoms with Crippen LogP contribution < -0.4 is 21.1 Å². The molecule has 0 fully saturated rings. The zero-order valence-electron chi connectivity index (χ0n) is 13.8. The minimum absolute atomic E-state index is 0.132. The summed E-state index contributed by atoms with van der Waals surface area (Å²) in [7, 11) is 0. The van der Waals surface area contributed by atoms with E-state index in [9.17, 15) is 15.2 Å². The lowest BCUT2D eigenvalue weighted by molar-refractivity contribution is -0.996. The molecule has 0 saturated carbocycles. The van der Waals surface area contributed by atoms with Gasteiger partial charge >= 0.3 is 6.03 Å². The van der Waals surface area contributed by atoms with Crippen LogP contribution in [0.1, 0.15) is 45.4 Å². The van der Waals surface area contributed by atoms with Gasteiger partial charge in [0.15, 0.2) is 11.4 Å². The van der Waals surface area contributed by atoms with Crippen molar-refractivity contribution < 1.29 is 25.7 Å². The van der Waals surface area contributed by atoms with Crippen molar-refractivity contribution in [1.29, 1.82) is 0 Å². The van der Waals surface area contributed by atoms with Crippen molar-refractivity contribution in [2.24, 2.45) is 0 Å². The Morgan fingerprint density at radius 1 is 1.00 bits per heavy atom. The fraction of sp³-hybridized carbons (Fsp3) is 0.533. The van der Waals surface area contributed by atoms with Crippen LogP contribution in [0.15, 0.2) is 18.2 Å². The van der Waals surface area contributed by atoms with Crippen LogP contribution in [-0.4, -0.2) is 23.0 Å². The number of rotatable bonds is 10. The number of benzene rings is 1. The first-order valence-corrected chi connectivity index (χ1v) is 8.10. The number of urea groups is 1.